The van der Waals surface area contributed by atoms with Crippen molar-refractivity contribution in [2.75, 3.05) is 25.1 Å². The quantitative estimate of drug-likeness (QED) is 0.588. The lowest BCUT2D eigenvalue weighted by Crippen LogP contribution is -2.56. The molecule has 0 aromatic rings. The molecule has 0 aromatic heterocycles. The number of halogens is 1. The Kier molecular flexibility index (Phi) is 7.38. The number of alkyl halides is 1. The molecule has 0 aliphatic carbocycles. The third-order valence-corrected chi connectivity index (χ3v) is 3.52. The Morgan fingerprint density at radius 1 is 1.42 bits per heavy atom. The summed E-state index contributed by atoms with van der Waals surface area (Å²) in [4.78, 5) is 25.9. The Morgan fingerprint density at radius 2 is 2.16 bits per heavy atom. The van der Waals surface area contributed by atoms with Gasteiger partial charge < -0.3 is 15.0 Å². The van der Waals surface area contributed by atoms with E-state index in [-0.39, 0.29) is 17.9 Å². The first kappa shape index (κ1) is 16.4. The van der Waals surface area contributed by atoms with Crippen molar-refractivity contribution in [3.8, 4) is 0 Å². The number of unbranched alkanes of at least 4 members (excludes halogenated alkanes) is 1. The molecule has 5 nitrogen and oxygen atoms in total. The number of amides is 2. The monoisotopic (exact) mass is 334 g/mol. The van der Waals surface area contributed by atoms with Crippen LogP contribution in [0.25, 0.3) is 0 Å². The van der Waals surface area contributed by atoms with Crippen molar-refractivity contribution in [2.45, 2.75) is 45.2 Å². The molecule has 1 fully saturated rings. The molecular weight excluding hydrogens is 312 g/mol. The van der Waals surface area contributed by atoms with E-state index in [2.05, 4.69) is 21.2 Å². The van der Waals surface area contributed by atoms with Crippen LogP contribution in [-0.4, -0.2) is 53.9 Å². The highest BCUT2D eigenvalue weighted by Crippen LogP contribution is 2.11. The van der Waals surface area contributed by atoms with E-state index in [1.807, 2.05) is 13.8 Å². The molecule has 19 heavy (non-hydrogen) atoms. The van der Waals surface area contributed by atoms with Crippen LogP contribution in [0.15, 0.2) is 0 Å². The normalized spacial score (nSPS) is 19.6. The fraction of sp³-hybridized carbons (Fsp3) is 0.846. The molecule has 1 saturated heterocycles. The van der Waals surface area contributed by atoms with E-state index in [0.29, 0.717) is 26.2 Å². The largest absolute Gasteiger partial charge is 0.377 e. The van der Waals surface area contributed by atoms with E-state index in [0.717, 1.165) is 18.2 Å². The smallest absolute Gasteiger partial charge is 0.245 e. The van der Waals surface area contributed by atoms with Crippen LogP contribution in [0.1, 0.15) is 33.1 Å². The maximum atomic E-state index is 12.1. The van der Waals surface area contributed by atoms with Gasteiger partial charge in [0.2, 0.25) is 11.8 Å². The van der Waals surface area contributed by atoms with Gasteiger partial charge in [-0.3, -0.25) is 9.59 Å². The molecule has 1 atom stereocenters. The molecule has 0 bridgehead atoms. The average molecular weight is 335 g/mol. The zero-order valence-corrected chi connectivity index (χ0v) is 13.2. The molecule has 1 heterocycles. The molecule has 1 aliphatic rings. The predicted molar refractivity (Wildman–Crippen MR) is 77.2 cm³/mol. The van der Waals surface area contributed by atoms with Gasteiger partial charge in [-0.25, -0.2) is 0 Å². The minimum Gasteiger partial charge on any atom is -0.377 e. The molecule has 1 unspecified atom stereocenters. The molecule has 1 aliphatic heterocycles. The number of hydrogen-bond acceptors (Lipinski definition) is 3. The number of ether oxygens (including phenoxy) is 1. The average Bonchev–Trinajstić information content (AvgIpc) is 2.38. The molecule has 0 saturated carbocycles. The highest BCUT2D eigenvalue weighted by Gasteiger charge is 2.32. The lowest BCUT2D eigenvalue weighted by Gasteiger charge is -2.35. The van der Waals surface area contributed by atoms with Gasteiger partial charge in [-0.2, -0.15) is 0 Å². The number of carbonyl (C=O) groups excluding carboxylic acids is 2. The van der Waals surface area contributed by atoms with Crippen LogP contribution in [0, 0.1) is 0 Å². The fourth-order valence-corrected chi connectivity index (χ4v) is 2.41. The second-order valence-electron chi connectivity index (χ2n) is 4.99. The van der Waals surface area contributed by atoms with Gasteiger partial charge in [-0.15, -0.1) is 0 Å². The first-order valence-corrected chi connectivity index (χ1v) is 7.92. The first-order chi connectivity index (χ1) is 9.06. The van der Waals surface area contributed by atoms with Crippen molar-refractivity contribution >= 4 is 27.7 Å². The maximum Gasteiger partial charge on any atom is 0.245 e. The van der Waals surface area contributed by atoms with E-state index in [9.17, 15) is 9.59 Å². The maximum absolute atomic E-state index is 12.1. The first-order valence-electron chi connectivity index (χ1n) is 6.79. The van der Waals surface area contributed by atoms with Gasteiger partial charge in [0.15, 0.2) is 0 Å². The van der Waals surface area contributed by atoms with Crippen molar-refractivity contribution in [1.82, 2.24) is 10.2 Å². The summed E-state index contributed by atoms with van der Waals surface area (Å²) in [5, 5.41) is 3.75. The molecule has 0 aromatic carbocycles. The highest BCUT2D eigenvalue weighted by atomic mass is 79.9. The van der Waals surface area contributed by atoms with Gasteiger partial charge in [-0.05, 0) is 26.7 Å². The Hall–Kier alpha value is -0.620. The molecule has 6 heteroatoms. The van der Waals surface area contributed by atoms with Crippen LogP contribution in [-0.2, 0) is 14.3 Å². The molecule has 110 valence electrons. The number of carbonyl (C=O) groups is 2. The summed E-state index contributed by atoms with van der Waals surface area (Å²) in [6.07, 6.45) is 2.32. The number of rotatable bonds is 6. The van der Waals surface area contributed by atoms with E-state index < -0.39 is 6.04 Å². The van der Waals surface area contributed by atoms with Crippen molar-refractivity contribution in [3.05, 3.63) is 0 Å². The van der Waals surface area contributed by atoms with E-state index in [4.69, 9.17) is 4.74 Å². The van der Waals surface area contributed by atoms with Crippen LogP contribution in [0.5, 0.6) is 0 Å². The lowest BCUT2D eigenvalue weighted by molar-refractivity contribution is -0.148. The molecular formula is C13H23BrN2O3. The number of nitrogens with zero attached hydrogens (tertiary/aromatic N) is 1. The van der Waals surface area contributed by atoms with Crippen molar-refractivity contribution in [3.63, 3.8) is 0 Å². The predicted octanol–water partition coefficient (Wildman–Crippen LogP) is 1.30. The van der Waals surface area contributed by atoms with Crippen LogP contribution >= 0.6 is 15.9 Å². The van der Waals surface area contributed by atoms with E-state index >= 15 is 0 Å². The van der Waals surface area contributed by atoms with Crippen molar-refractivity contribution < 1.29 is 14.3 Å². The molecule has 1 rings (SSSR count). The Labute approximate surface area is 123 Å². The SMILES string of the molecule is CC(C)NC(=O)C1COCCN1C(=O)CCCCBr. The van der Waals surface area contributed by atoms with Crippen LogP contribution in [0.3, 0.4) is 0 Å². The number of hydrogen-bond donors (Lipinski definition) is 1. The number of nitrogens with one attached hydrogen (secondary N) is 1. The molecule has 1 N–H and O–H groups in total. The fourth-order valence-electron chi connectivity index (χ4n) is 2.01. The van der Waals surface area contributed by atoms with Gasteiger partial charge in [0.25, 0.3) is 0 Å². The summed E-state index contributed by atoms with van der Waals surface area (Å²) >= 11 is 3.35. The molecule has 0 radical (unpaired) electrons. The third-order valence-electron chi connectivity index (χ3n) is 2.96. The second kappa shape index (κ2) is 8.53. The Balaban J connectivity index is 2.56. The lowest BCUT2D eigenvalue weighted by atomic mass is 10.1. The van der Waals surface area contributed by atoms with E-state index in [1.54, 1.807) is 4.90 Å². The van der Waals surface area contributed by atoms with Gasteiger partial charge in [0.05, 0.1) is 13.2 Å². The number of morpholine rings is 1. The van der Waals surface area contributed by atoms with Gasteiger partial charge in [0.1, 0.15) is 6.04 Å². The summed E-state index contributed by atoms with van der Waals surface area (Å²) in [6, 6.07) is -0.410. The standard InChI is InChI=1S/C13H23BrN2O3/c1-10(2)15-13(18)11-9-19-8-7-16(11)12(17)5-3-4-6-14/h10-11H,3-9H2,1-2H3,(H,15,18). The highest BCUT2D eigenvalue weighted by molar-refractivity contribution is 9.09. The summed E-state index contributed by atoms with van der Waals surface area (Å²) in [5.41, 5.74) is 0. The van der Waals surface area contributed by atoms with Gasteiger partial charge in [0, 0.05) is 24.3 Å². The van der Waals surface area contributed by atoms with Crippen molar-refractivity contribution in [1.29, 1.82) is 0 Å². The zero-order chi connectivity index (χ0) is 14.3. The van der Waals surface area contributed by atoms with Crippen LogP contribution in [0.4, 0.5) is 0 Å². The summed E-state index contributed by atoms with van der Waals surface area (Å²) < 4.78 is 5.33. The van der Waals surface area contributed by atoms with Crippen LogP contribution < -0.4 is 5.32 Å². The van der Waals surface area contributed by atoms with E-state index in [1.165, 1.54) is 0 Å². The minimum absolute atomic E-state index is 0.0492. The van der Waals surface area contributed by atoms with Crippen LogP contribution in [0.2, 0.25) is 0 Å². The summed E-state index contributed by atoms with van der Waals surface area (Å²) in [7, 11) is 0. The Bertz CT molecular complexity index is 310. The summed E-state index contributed by atoms with van der Waals surface area (Å²) in [6.45, 7) is 5.12. The van der Waals surface area contributed by atoms with Gasteiger partial charge in [-0.1, -0.05) is 15.9 Å². The molecule has 2 amide bonds. The third kappa shape index (κ3) is 5.48. The molecule has 0 spiro atoms. The second-order valence-corrected chi connectivity index (χ2v) is 5.78. The topological polar surface area (TPSA) is 58.6 Å². The zero-order valence-electron chi connectivity index (χ0n) is 11.7. The Morgan fingerprint density at radius 3 is 2.79 bits per heavy atom. The van der Waals surface area contributed by atoms with Gasteiger partial charge >= 0.3 is 0 Å². The minimum atomic E-state index is -0.479. The summed E-state index contributed by atoms with van der Waals surface area (Å²) in [5.74, 6) is -0.0725. The van der Waals surface area contributed by atoms with Crippen molar-refractivity contribution in [2.24, 2.45) is 0 Å².